The predicted octanol–water partition coefficient (Wildman–Crippen LogP) is 5.18. The Morgan fingerprint density at radius 1 is 1.08 bits per heavy atom. The molecule has 25 heavy (non-hydrogen) atoms. The van der Waals surface area contributed by atoms with Gasteiger partial charge in [0.25, 0.3) is 5.91 Å². The standard InChI is InChI=1S/C19H15ClFN3O/c1-12-16(20)6-3-7-17(12)24-19(25)18-11-15(8-9-22-18)23-14-5-2-4-13(21)10-14/h2-11H,1H3,(H,22,23)(H,24,25). The molecule has 0 unspecified atom stereocenters. The second-order valence-electron chi connectivity index (χ2n) is 5.43. The maximum absolute atomic E-state index is 13.3. The Kier molecular flexibility index (Phi) is 4.95. The van der Waals surface area contributed by atoms with Crippen LogP contribution >= 0.6 is 11.6 Å². The molecule has 126 valence electrons. The fourth-order valence-corrected chi connectivity index (χ4v) is 2.47. The number of amides is 1. The van der Waals surface area contributed by atoms with Crippen LogP contribution in [0.1, 0.15) is 16.1 Å². The molecule has 3 aromatic rings. The molecular formula is C19H15ClFN3O. The molecule has 4 nitrogen and oxygen atoms in total. The largest absolute Gasteiger partial charge is 0.355 e. The minimum absolute atomic E-state index is 0.237. The Morgan fingerprint density at radius 2 is 1.84 bits per heavy atom. The van der Waals surface area contributed by atoms with Gasteiger partial charge in [-0.15, -0.1) is 0 Å². The molecule has 0 bridgehead atoms. The number of nitrogens with one attached hydrogen (secondary N) is 2. The lowest BCUT2D eigenvalue weighted by molar-refractivity contribution is 0.102. The zero-order valence-corrected chi connectivity index (χ0v) is 14.1. The zero-order chi connectivity index (χ0) is 17.8. The molecule has 2 aromatic carbocycles. The number of aromatic nitrogens is 1. The summed E-state index contributed by atoms with van der Waals surface area (Å²) in [5.74, 6) is -0.693. The van der Waals surface area contributed by atoms with Gasteiger partial charge < -0.3 is 10.6 Å². The van der Waals surface area contributed by atoms with Gasteiger partial charge in [-0.05, 0) is 55.0 Å². The molecule has 0 aliphatic carbocycles. The van der Waals surface area contributed by atoms with Gasteiger partial charge in [0.2, 0.25) is 0 Å². The van der Waals surface area contributed by atoms with Gasteiger partial charge in [0.05, 0.1) is 0 Å². The lowest BCUT2D eigenvalue weighted by Crippen LogP contribution is -2.14. The van der Waals surface area contributed by atoms with Crippen LogP contribution in [0.15, 0.2) is 60.8 Å². The molecule has 0 radical (unpaired) electrons. The van der Waals surface area contributed by atoms with E-state index in [0.29, 0.717) is 22.1 Å². The third-order valence-electron chi connectivity index (χ3n) is 3.62. The number of anilines is 3. The lowest BCUT2D eigenvalue weighted by atomic mass is 10.2. The number of nitrogens with zero attached hydrogens (tertiary/aromatic N) is 1. The quantitative estimate of drug-likeness (QED) is 0.678. The molecule has 0 aliphatic heterocycles. The molecule has 3 rings (SSSR count). The molecule has 0 fully saturated rings. The van der Waals surface area contributed by atoms with Crippen molar-refractivity contribution in [1.82, 2.24) is 4.98 Å². The highest BCUT2D eigenvalue weighted by molar-refractivity contribution is 6.31. The summed E-state index contributed by atoms with van der Waals surface area (Å²) in [4.78, 5) is 16.5. The van der Waals surface area contributed by atoms with Crippen LogP contribution in [-0.4, -0.2) is 10.9 Å². The first-order chi connectivity index (χ1) is 12.0. The summed E-state index contributed by atoms with van der Waals surface area (Å²) in [5.41, 5.74) is 2.87. The summed E-state index contributed by atoms with van der Waals surface area (Å²) in [6.45, 7) is 1.83. The molecule has 6 heteroatoms. The van der Waals surface area contributed by atoms with Crippen molar-refractivity contribution < 1.29 is 9.18 Å². The highest BCUT2D eigenvalue weighted by atomic mass is 35.5. The highest BCUT2D eigenvalue weighted by Crippen LogP contribution is 2.24. The fourth-order valence-electron chi connectivity index (χ4n) is 2.29. The van der Waals surface area contributed by atoms with Crippen LogP contribution in [-0.2, 0) is 0 Å². The number of benzene rings is 2. The Morgan fingerprint density at radius 3 is 2.64 bits per heavy atom. The minimum Gasteiger partial charge on any atom is -0.355 e. The number of halogens is 2. The first-order valence-electron chi connectivity index (χ1n) is 7.58. The third kappa shape index (κ3) is 4.14. The second kappa shape index (κ2) is 7.32. The summed E-state index contributed by atoms with van der Waals surface area (Å²) >= 11 is 6.06. The van der Waals surface area contributed by atoms with E-state index in [-0.39, 0.29) is 17.4 Å². The molecular weight excluding hydrogens is 341 g/mol. The van der Waals surface area contributed by atoms with E-state index in [4.69, 9.17) is 11.6 Å². The van der Waals surface area contributed by atoms with Crippen LogP contribution in [0.2, 0.25) is 5.02 Å². The first-order valence-corrected chi connectivity index (χ1v) is 7.96. The molecule has 1 amide bonds. The van der Waals surface area contributed by atoms with Gasteiger partial charge in [0.1, 0.15) is 11.5 Å². The fraction of sp³-hybridized carbons (Fsp3) is 0.0526. The van der Waals surface area contributed by atoms with Crippen LogP contribution in [0.25, 0.3) is 0 Å². The molecule has 0 spiro atoms. The zero-order valence-electron chi connectivity index (χ0n) is 13.4. The Labute approximate surface area is 149 Å². The van der Waals surface area contributed by atoms with Gasteiger partial charge in [-0.2, -0.15) is 0 Å². The monoisotopic (exact) mass is 355 g/mol. The lowest BCUT2D eigenvalue weighted by Gasteiger charge is -2.10. The van der Waals surface area contributed by atoms with E-state index >= 15 is 0 Å². The van der Waals surface area contributed by atoms with Crippen LogP contribution in [0.4, 0.5) is 21.5 Å². The minimum atomic E-state index is -0.353. The molecule has 0 saturated carbocycles. The number of rotatable bonds is 4. The van der Waals surface area contributed by atoms with Crippen molar-refractivity contribution in [3.8, 4) is 0 Å². The Hall–Kier alpha value is -2.92. The van der Waals surface area contributed by atoms with Crippen LogP contribution in [0.3, 0.4) is 0 Å². The molecule has 1 heterocycles. The highest BCUT2D eigenvalue weighted by Gasteiger charge is 2.11. The average Bonchev–Trinajstić information content (AvgIpc) is 2.59. The number of hydrogen-bond acceptors (Lipinski definition) is 3. The van der Waals surface area contributed by atoms with Crippen molar-refractivity contribution in [2.75, 3.05) is 10.6 Å². The number of carbonyl (C=O) groups is 1. The third-order valence-corrected chi connectivity index (χ3v) is 4.03. The summed E-state index contributed by atoms with van der Waals surface area (Å²) in [6.07, 6.45) is 1.52. The molecule has 1 aromatic heterocycles. The van der Waals surface area contributed by atoms with Crippen molar-refractivity contribution in [3.05, 3.63) is 82.9 Å². The molecule has 2 N–H and O–H groups in total. The topological polar surface area (TPSA) is 54.0 Å². The van der Waals surface area contributed by atoms with E-state index < -0.39 is 0 Å². The maximum atomic E-state index is 13.3. The SMILES string of the molecule is Cc1c(Cl)cccc1NC(=O)c1cc(Nc2cccc(F)c2)ccn1. The van der Waals surface area contributed by atoms with E-state index in [1.807, 2.05) is 6.92 Å². The predicted molar refractivity (Wildman–Crippen MR) is 98.1 cm³/mol. The van der Waals surface area contributed by atoms with Gasteiger partial charge in [-0.1, -0.05) is 23.7 Å². The summed E-state index contributed by atoms with van der Waals surface area (Å²) < 4.78 is 13.3. The van der Waals surface area contributed by atoms with E-state index in [9.17, 15) is 9.18 Å². The van der Waals surface area contributed by atoms with Crippen molar-refractivity contribution in [2.24, 2.45) is 0 Å². The number of hydrogen-bond donors (Lipinski definition) is 2. The second-order valence-corrected chi connectivity index (χ2v) is 5.84. The number of carbonyl (C=O) groups excluding carboxylic acids is 1. The van der Waals surface area contributed by atoms with Gasteiger partial charge >= 0.3 is 0 Å². The molecule has 0 saturated heterocycles. The van der Waals surface area contributed by atoms with E-state index in [1.54, 1.807) is 42.5 Å². The van der Waals surface area contributed by atoms with Crippen molar-refractivity contribution >= 4 is 34.6 Å². The van der Waals surface area contributed by atoms with Crippen molar-refractivity contribution in [3.63, 3.8) is 0 Å². The average molecular weight is 356 g/mol. The van der Waals surface area contributed by atoms with Crippen LogP contribution in [0.5, 0.6) is 0 Å². The van der Waals surface area contributed by atoms with Crippen LogP contribution in [0, 0.1) is 12.7 Å². The summed E-state index contributed by atoms with van der Waals surface area (Å²) in [6, 6.07) is 14.7. The maximum Gasteiger partial charge on any atom is 0.274 e. The van der Waals surface area contributed by atoms with Gasteiger partial charge in [-0.3, -0.25) is 9.78 Å². The molecule has 0 aliphatic rings. The number of pyridine rings is 1. The van der Waals surface area contributed by atoms with E-state index in [1.165, 1.54) is 18.3 Å². The first kappa shape index (κ1) is 16.9. The van der Waals surface area contributed by atoms with Crippen LogP contribution < -0.4 is 10.6 Å². The molecule has 0 atom stereocenters. The summed E-state index contributed by atoms with van der Waals surface area (Å²) in [7, 11) is 0. The van der Waals surface area contributed by atoms with Gasteiger partial charge in [0, 0.05) is 28.3 Å². The van der Waals surface area contributed by atoms with Crippen molar-refractivity contribution in [2.45, 2.75) is 6.92 Å². The van der Waals surface area contributed by atoms with Crippen molar-refractivity contribution in [1.29, 1.82) is 0 Å². The summed E-state index contributed by atoms with van der Waals surface area (Å²) in [5, 5.41) is 6.41. The Bertz CT molecular complexity index is 930. The van der Waals surface area contributed by atoms with E-state index in [0.717, 1.165) is 5.56 Å². The van der Waals surface area contributed by atoms with Gasteiger partial charge in [-0.25, -0.2) is 4.39 Å². The Balaban J connectivity index is 1.78. The normalized spacial score (nSPS) is 10.4. The smallest absolute Gasteiger partial charge is 0.274 e. The van der Waals surface area contributed by atoms with E-state index in [2.05, 4.69) is 15.6 Å². The van der Waals surface area contributed by atoms with Gasteiger partial charge in [0.15, 0.2) is 0 Å².